The SMILES string of the molecule is C=CC(=O)N1CCN(C(=O)CNc2ccc(Cl)c(-c3ccccc3Cl)c2)CC1. The quantitative estimate of drug-likeness (QED) is 0.749. The van der Waals surface area contributed by atoms with Gasteiger partial charge in [0.25, 0.3) is 0 Å². The van der Waals surface area contributed by atoms with E-state index in [1.807, 2.05) is 36.4 Å². The number of carbonyl (C=O) groups excluding carboxylic acids is 2. The van der Waals surface area contributed by atoms with Gasteiger partial charge in [0.05, 0.1) is 6.54 Å². The van der Waals surface area contributed by atoms with E-state index in [9.17, 15) is 9.59 Å². The fourth-order valence-electron chi connectivity index (χ4n) is 3.12. The first-order valence-electron chi connectivity index (χ1n) is 8.97. The minimum Gasteiger partial charge on any atom is -0.376 e. The summed E-state index contributed by atoms with van der Waals surface area (Å²) in [7, 11) is 0. The van der Waals surface area contributed by atoms with Gasteiger partial charge in [0.2, 0.25) is 11.8 Å². The van der Waals surface area contributed by atoms with Crippen molar-refractivity contribution < 1.29 is 9.59 Å². The molecule has 2 aromatic carbocycles. The summed E-state index contributed by atoms with van der Waals surface area (Å²) in [6, 6.07) is 13.0. The van der Waals surface area contributed by atoms with Crippen molar-refractivity contribution in [1.82, 2.24) is 9.80 Å². The van der Waals surface area contributed by atoms with Crippen LogP contribution in [0.1, 0.15) is 0 Å². The molecule has 0 bridgehead atoms. The first-order valence-corrected chi connectivity index (χ1v) is 9.72. The van der Waals surface area contributed by atoms with Gasteiger partial charge in [0.1, 0.15) is 0 Å². The lowest BCUT2D eigenvalue weighted by molar-refractivity contribution is -0.135. The van der Waals surface area contributed by atoms with Gasteiger partial charge < -0.3 is 15.1 Å². The number of nitrogens with zero attached hydrogens (tertiary/aromatic N) is 2. The van der Waals surface area contributed by atoms with Crippen LogP contribution < -0.4 is 5.32 Å². The van der Waals surface area contributed by atoms with Gasteiger partial charge >= 0.3 is 0 Å². The van der Waals surface area contributed by atoms with Crippen molar-refractivity contribution in [1.29, 1.82) is 0 Å². The summed E-state index contributed by atoms with van der Waals surface area (Å²) in [6.45, 7) is 5.74. The zero-order valence-electron chi connectivity index (χ0n) is 15.3. The lowest BCUT2D eigenvalue weighted by Crippen LogP contribution is -2.51. The molecule has 28 heavy (non-hydrogen) atoms. The Hall–Kier alpha value is -2.50. The highest BCUT2D eigenvalue weighted by Gasteiger charge is 2.22. The van der Waals surface area contributed by atoms with Crippen molar-refractivity contribution in [2.75, 3.05) is 38.0 Å². The number of nitrogens with one attached hydrogen (secondary N) is 1. The van der Waals surface area contributed by atoms with Gasteiger partial charge in [-0.05, 0) is 30.3 Å². The zero-order chi connectivity index (χ0) is 20.1. The molecule has 7 heteroatoms. The highest BCUT2D eigenvalue weighted by molar-refractivity contribution is 6.36. The molecule has 0 aliphatic carbocycles. The number of hydrogen-bond acceptors (Lipinski definition) is 3. The average molecular weight is 418 g/mol. The molecule has 0 saturated carbocycles. The van der Waals surface area contributed by atoms with Gasteiger partial charge in [0.15, 0.2) is 0 Å². The molecule has 0 spiro atoms. The van der Waals surface area contributed by atoms with Crippen LogP contribution in [0.4, 0.5) is 5.69 Å². The smallest absolute Gasteiger partial charge is 0.246 e. The maximum atomic E-state index is 12.5. The molecular formula is C21H21Cl2N3O2. The van der Waals surface area contributed by atoms with E-state index in [2.05, 4.69) is 11.9 Å². The topological polar surface area (TPSA) is 52.7 Å². The predicted molar refractivity (Wildman–Crippen MR) is 114 cm³/mol. The molecule has 1 heterocycles. The molecule has 146 valence electrons. The Labute approximate surface area is 174 Å². The largest absolute Gasteiger partial charge is 0.376 e. The van der Waals surface area contributed by atoms with Gasteiger partial charge in [-0.3, -0.25) is 9.59 Å². The summed E-state index contributed by atoms with van der Waals surface area (Å²) >= 11 is 12.6. The molecule has 0 radical (unpaired) electrons. The van der Waals surface area contributed by atoms with Crippen LogP contribution in [-0.2, 0) is 9.59 Å². The predicted octanol–water partition coefficient (Wildman–Crippen LogP) is 3.93. The molecule has 1 fully saturated rings. The van der Waals surface area contributed by atoms with Crippen molar-refractivity contribution in [3.8, 4) is 11.1 Å². The second-order valence-corrected chi connectivity index (χ2v) is 7.25. The Morgan fingerprint density at radius 3 is 2.29 bits per heavy atom. The van der Waals surface area contributed by atoms with Crippen LogP contribution in [0.3, 0.4) is 0 Å². The molecule has 2 amide bonds. The Kier molecular flexibility index (Phi) is 6.60. The van der Waals surface area contributed by atoms with Crippen LogP contribution in [0.15, 0.2) is 55.1 Å². The van der Waals surface area contributed by atoms with E-state index in [1.54, 1.807) is 15.9 Å². The van der Waals surface area contributed by atoms with Crippen LogP contribution in [0.5, 0.6) is 0 Å². The van der Waals surface area contributed by atoms with Crippen LogP contribution >= 0.6 is 23.2 Å². The number of rotatable bonds is 5. The molecule has 0 atom stereocenters. The normalized spacial score (nSPS) is 13.9. The third kappa shape index (κ3) is 4.66. The number of carbonyl (C=O) groups is 2. The first kappa shape index (κ1) is 20.2. The number of amides is 2. The minimum absolute atomic E-state index is 0.0139. The van der Waals surface area contributed by atoms with E-state index in [4.69, 9.17) is 23.2 Å². The molecular weight excluding hydrogens is 397 g/mol. The van der Waals surface area contributed by atoms with Crippen molar-refractivity contribution in [3.05, 3.63) is 65.2 Å². The second-order valence-electron chi connectivity index (χ2n) is 6.44. The van der Waals surface area contributed by atoms with E-state index in [0.29, 0.717) is 36.2 Å². The van der Waals surface area contributed by atoms with Gasteiger partial charge in [-0.2, -0.15) is 0 Å². The Bertz CT molecular complexity index is 893. The average Bonchev–Trinajstić information content (AvgIpc) is 2.73. The molecule has 0 unspecified atom stereocenters. The summed E-state index contributed by atoms with van der Waals surface area (Å²) in [5, 5.41) is 4.36. The summed E-state index contributed by atoms with van der Waals surface area (Å²) in [4.78, 5) is 27.6. The standard InChI is InChI=1S/C21H21Cl2N3O2/c1-2-20(27)25-9-11-26(12-10-25)21(28)14-24-15-7-8-19(23)17(13-15)16-5-3-4-6-18(16)22/h2-8,13,24H,1,9-12,14H2. The van der Waals surface area contributed by atoms with Crippen LogP contribution in [-0.4, -0.2) is 54.3 Å². The molecule has 1 aliphatic rings. The van der Waals surface area contributed by atoms with Gasteiger partial charge in [-0.25, -0.2) is 0 Å². The van der Waals surface area contributed by atoms with Crippen LogP contribution in [0.25, 0.3) is 11.1 Å². The van der Waals surface area contributed by atoms with E-state index >= 15 is 0 Å². The van der Waals surface area contributed by atoms with Crippen LogP contribution in [0, 0.1) is 0 Å². The molecule has 5 nitrogen and oxygen atoms in total. The lowest BCUT2D eigenvalue weighted by atomic mass is 10.0. The second kappa shape index (κ2) is 9.13. The van der Waals surface area contributed by atoms with Crippen molar-refractivity contribution >= 4 is 40.7 Å². The molecule has 1 aliphatic heterocycles. The Morgan fingerprint density at radius 2 is 1.61 bits per heavy atom. The van der Waals surface area contributed by atoms with E-state index in [0.717, 1.165) is 16.8 Å². The van der Waals surface area contributed by atoms with Gasteiger partial charge in [-0.15, -0.1) is 0 Å². The maximum Gasteiger partial charge on any atom is 0.246 e. The summed E-state index contributed by atoms with van der Waals surface area (Å²) in [5.74, 6) is -0.113. The fraction of sp³-hybridized carbons (Fsp3) is 0.238. The molecule has 1 saturated heterocycles. The lowest BCUT2D eigenvalue weighted by Gasteiger charge is -2.34. The molecule has 1 N–H and O–H groups in total. The van der Waals surface area contributed by atoms with E-state index < -0.39 is 0 Å². The van der Waals surface area contributed by atoms with E-state index in [1.165, 1.54) is 6.08 Å². The van der Waals surface area contributed by atoms with E-state index in [-0.39, 0.29) is 18.4 Å². The van der Waals surface area contributed by atoms with Gasteiger partial charge in [-0.1, -0.05) is 48.0 Å². The number of benzene rings is 2. The summed E-state index contributed by atoms with van der Waals surface area (Å²) in [5.41, 5.74) is 2.43. The summed E-state index contributed by atoms with van der Waals surface area (Å²) in [6.07, 6.45) is 1.30. The highest BCUT2D eigenvalue weighted by Crippen LogP contribution is 2.34. The van der Waals surface area contributed by atoms with Crippen molar-refractivity contribution in [2.24, 2.45) is 0 Å². The van der Waals surface area contributed by atoms with Crippen molar-refractivity contribution in [2.45, 2.75) is 0 Å². The fourth-order valence-corrected chi connectivity index (χ4v) is 3.57. The third-order valence-corrected chi connectivity index (χ3v) is 5.35. The van der Waals surface area contributed by atoms with Gasteiger partial charge in [0, 0.05) is 53.0 Å². The highest BCUT2D eigenvalue weighted by atomic mass is 35.5. The maximum absolute atomic E-state index is 12.5. The van der Waals surface area contributed by atoms with Crippen LogP contribution in [0.2, 0.25) is 10.0 Å². The monoisotopic (exact) mass is 417 g/mol. The summed E-state index contributed by atoms with van der Waals surface area (Å²) < 4.78 is 0. The minimum atomic E-state index is -0.0986. The zero-order valence-corrected chi connectivity index (χ0v) is 16.8. The Balaban J connectivity index is 1.62. The number of anilines is 1. The molecule has 3 rings (SSSR count). The van der Waals surface area contributed by atoms with Crippen molar-refractivity contribution in [3.63, 3.8) is 0 Å². The Morgan fingerprint density at radius 1 is 0.964 bits per heavy atom. The molecule has 2 aromatic rings. The molecule has 0 aromatic heterocycles. The number of piperazine rings is 1. The number of hydrogen-bond donors (Lipinski definition) is 1. The number of halogens is 2. The first-order chi connectivity index (χ1) is 13.5. The third-order valence-electron chi connectivity index (χ3n) is 4.69.